The number of carbonyl (C=O) groups excluding carboxylic acids is 1. The second kappa shape index (κ2) is 6.63. The predicted octanol–water partition coefficient (Wildman–Crippen LogP) is 5.49. The smallest absolute Gasteiger partial charge is 0.341 e. The molecule has 144 valence electrons. The first kappa shape index (κ1) is 19.3. The number of halogens is 4. The highest BCUT2D eigenvalue weighted by atomic mass is 35.5. The normalized spacial score (nSPS) is 26.8. The summed E-state index contributed by atoms with van der Waals surface area (Å²) in [6.07, 6.45) is 1.56. The van der Waals surface area contributed by atoms with E-state index >= 15 is 0 Å². The van der Waals surface area contributed by atoms with Gasteiger partial charge in [0, 0.05) is 11.8 Å². The van der Waals surface area contributed by atoms with E-state index in [2.05, 4.69) is 0 Å². The minimum absolute atomic E-state index is 0.00529. The zero-order valence-corrected chi connectivity index (χ0v) is 15.7. The van der Waals surface area contributed by atoms with Crippen molar-refractivity contribution in [1.29, 1.82) is 0 Å². The number of carbonyl (C=O) groups is 1. The minimum Gasteiger partial charge on any atom is -0.492 e. The summed E-state index contributed by atoms with van der Waals surface area (Å²) in [5.41, 5.74) is -1.02. The monoisotopic (exact) mass is 390 g/mol. The summed E-state index contributed by atoms with van der Waals surface area (Å²) in [7, 11) is 0. The minimum atomic E-state index is -2.53. The highest BCUT2D eigenvalue weighted by Crippen LogP contribution is 2.63. The highest BCUT2D eigenvalue weighted by Gasteiger charge is 2.68. The van der Waals surface area contributed by atoms with Crippen molar-refractivity contribution in [3.63, 3.8) is 0 Å². The van der Waals surface area contributed by atoms with E-state index < -0.39 is 35.1 Å². The summed E-state index contributed by atoms with van der Waals surface area (Å²) >= 11 is 5.99. The average molecular weight is 391 g/mol. The Labute approximate surface area is 155 Å². The third kappa shape index (κ3) is 3.80. The van der Waals surface area contributed by atoms with Gasteiger partial charge in [-0.25, -0.2) is 18.0 Å². The van der Waals surface area contributed by atoms with Gasteiger partial charge in [-0.05, 0) is 58.1 Å². The Bertz CT molecular complexity index is 715. The van der Waals surface area contributed by atoms with Crippen LogP contribution in [0.25, 0.3) is 0 Å². The van der Waals surface area contributed by atoms with Gasteiger partial charge in [-0.2, -0.15) is 0 Å². The summed E-state index contributed by atoms with van der Waals surface area (Å²) in [4.78, 5) is 12.0. The first-order chi connectivity index (χ1) is 12.0. The molecule has 0 bridgehead atoms. The van der Waals surface area contributed by atoms with Crippen molar-refractivity contribution in [2.45, 2.75) is 51.6 Å². The van der Waals surface area contributed by atoms with Crippen LogP contribution in [0, 0.1) is 23.6 Å². The van der Waals surface area contributed by atoms with E-state index in [1.807, 2.05) is 0 Å². The maximum absolute atomic E-state index is 14.4. The molecule has 3 atom stereocenters. The second-order valence-corrected chi connectivity index (χ2v) is 8.50. The number of rotatable bonds is 4. The van der Waals surface area contributed by atoms with Gasteiger partial charge in [-0.1, -0.05) is 11.6 Å². The van der Waals surface area contributed by atoms with Crippen molar-refractivity contribution >= 4 is 17.6 Å². The predicted molar refractivity (Wildman–Crippen MR) is 91.3 cm³/mol. The molecule has 0 radical (unpaired) electrons. The summed E-state index contributed by atoms with van der Waals surface area (Å²) < 4.78 is 52.0. The molecular weight excluding hydrogens is 369 g/mol. The van der Waals surface area contributed by atoms with Crippen LogP contribution in [0.15, 0.2) is 12.1 Å². The van der Waals surface area contributed by atoms with Crippen molar-refractivity contribution in [3.05, 3.63) is 28.5 Å². The van der Waals surface area contributed by atoms with Gasteiger partial charge < -0.3 is 9.47 Å². The lowest BCUT2D eigenvalue weighted by Crippen LogP contribution is -2.24. The van der Waals surface area contributed by atoms with E-state index in [1.54, 1.807) is 20.8 Å². The SMILES string of the molecule is CC(C)(C)OC(=O)c1ccc(OCC2CCC3C(C2)C3(F)F)c(Cl)c1F. The Morgan fingerprint density at radius 3 is 2.58 bits per heavy atom. The summed E-state index contributed by atoms with van der Waals surface area (Å²) in [6, 6.07) is 2.67. The van der Waals surface area contributed by atoms with Gasteiger partial charge >= 0.3 is 5.97 Å². The molecule has 0 amide bonds. The Morgan fingerprint density at radius 1 is 1.27 bits per heavy atom. The molecule has 2 aliphatic rings. The molecule has 1 aromatic rings. The average Bonchev–Trinajstić information content (AvgIpc) is 3.08. The molecule has 3 nitrogen and oxygen atoms in total. The van der Waals surface area contributed by atoms with Crippen molar-refractivity contribution in [1.82, 2.24) is 0 Å². The number of ether oxygens (including phenoxy) is 2. The largest absolute Gasteiger partial charge is 0.492 e. The van der Waals surface area contributed by atoms with Crippen LogP contribution in [-0.2, 0) is 4.74 Å². The van der Waals surface area contributed by atoms with E-state index in [9.17, 15) is 18.0 Å². The Balaban J connectivity index is 1.63. The topological polar surface area (TPSA) is 35.5 Å². The molecule has 2 fully saturated rings. The molecule has 1 aromatic carbocycles. The molecule has 26 heavy (non-hydrogen) atoms. The highest BCUT2D eigenvalue weighted by molar-refractivity contribution is 6.32. The van der Waals surface area contributed by atoms with Crippen LogP contribution < -0.4 is 4.74 Å². The molecule has 7 heteroatoms. The van der Waals surface area contributed by atoms with Crippen molar-refractivity contribution in [2.24, 2.45) is 17.8 Å². The third-order valence-electron chi connectivity index (χ3n) is 4.98. The van der Waals surface area contributed by atoms with Crippen LogP contribution in [0.3, 0.4) is 0 Å². The van der Waals surface area contributed by atoms with Gasteiger partial charge in [0.1, 0.15) is 16.4 Å². The first-order valence-corrected chi connectivity index (χ1v) is 9.10. The molecule has 3 unspecified atom stereocenters. The van der Waals surface area contributed by atoms with E-state index in [0.29, 0.717) is 19.3 Å². The maximum Gasteiger partial charge on any atom is 0.341 e. The second-order valence-electron chi connectivity index (χ2n) is 8.12. The van der Waals surface area contributed by atoms with Gasteiger partial charge in [0.15, 0.2) is 5.82 Å². The number of hydrogen-bond acceptors (Lipinski definition) is 3. The summed E-state index contributed by atoms with van der Waals surface area (Å²) in [6.45, 7) is 5.24. The lowest BCUT2D eigenvalue weighted by atomic mass is 9.90. The number of alkyl halides is 2. The molecule has 2 saturated carbocycles. The van der Waals surface area contributed by atoms with E-state index in [-0.39, 0.29) is 28.9 Å². The van der Waals surface area contributed by atoms with E-state index in [4.69, 9.17) is 21.1 Å². The van der Waals surface area contributed by atoms with E-state index in [1.165, 1.54) is 12.1 Å². The molecular formula is C19H22ClF3O3. The number of benzene rings is 1. The molecule has 0 saturated heterocycles. The van der Waals surface area contributed by atoms with Gasteiger partial charge in [0.05, 0.1) is 12.2 Å². The molecule has 3 rings (SSSR count). The van der Waals surface area contributed by atoms with Crippen molar-refractivity contribution in [2.75, 3.05) is 6.61 Å². The van der Waals surface area contributed by atoms with E-state index in [0.717, 1.165) is 0 Å². The van der Waals surface area contributed by atoms with Crippen LogP contribution in [-0.4, -0.2) is 24.1 Å². The van der Waals surface area contributed by atoms with Gasteiger partial charge in [0.25, 0.3) is 5.92 Å². The van der Waals surface area contributed by atoms with Crippen molar-refractivity contribution < 1.29 is 27.4 Å². The maximum atomic E-state index is 14.4. The molecule has 0 heterocycles. The Kier molecular flexibility index (Phi) is 4.93. The quantitative estimate of drug-likeness (QED) is 0.637. The number of esters is 1. The van der Waals surface area contributed by atoms with Gasteiger partial charge in [0.2, 0.25) is 0 Å². The summed E-state index contributed by atoms with van der Waals surface area (Å²) in [5.74, 6) is -5.18. The van der Waals surface area contributed by atoms with Gasteiger partial charge in [-0.3, -0.25) is 0 Å². The van der Waals surface area contributed by atoms with Crippen LogP contribution >= 0.6 is 11.6 Å². The zero-order chi connectivity index (χ0) is 19.3. The van der Waals surface area contributed by atoms with Crippen LogP contribution in [0.2, 0.25) is 5.02 Å². The molecule has 0 aliphatic heterocycles. The van der Waals surface area contributed by atoms with Crippen LogP contribution in [0.1, 0.15) is 50.4 Å². The Morgan fingerprint density at radius 2 is 1.96 bits per heavy atom. The first-order valence-electron chi connectivity index (χ1n) is 8.72. The lowest BCUT2D eigenvalue weighted by molar-refractivity contribution is 0.00646. The lowest BCUT2D eigenvalue weighted by Gasteiger charge is -2.21. The molecule has 0 N–H and O–H groups in total. The number of fused-ring (bicyclic) bond motifs is 1. The Hall–Kier alpha value is -1.43. The fourth-order valence-electron chi connectivity index (χ4n) is 3.56. The van der Waals surface area contributed by atoms with Crippen molar-refractivity contribution in [3.8, 4) is 5.75 Å². The molecule has 0 spiro atoms. The third-order valence-corrected chi connectivity index (χ3v) is 5.33. The standard InChI is InChI=1S/C19H22ClF3O3/c1-18(2,3)26-17(24)11-5-7-14(15(20)16(11)21)25-9-10-4-6-12-13(8-10)19(12,22)23/h5,7,10,12-13H,4,6,8-9H2,1-3H3. The fraction of sp³-hybridized carbons (Fsp3) is 0.632. The zero-order valence-electron chi connectivity index (χ0n) is 15.0. The fourth-order valence-corrected chi connectivity index (χ4v) is 3.78. The van der Waals surface area contributed by atoms with Crippen LogP contribution in [0.5, 0.6) is 5.75 Å². The van der Waals surface area contributed by atoms with Gasteiger partial charge in [-0.15, -0.1) is 0 Å². The number of hydrogen-bond donors (Lipinski definition) is 0. The molecule has 0 aromatic heterocycles. The molecule has 2 aliphatic carbocycles. The summed E-state index contributed by atoms with van der Waals surface area (Å²) in [5, 5.41) is -0.307. The van der Waals surface area contributed by atoms with Crippen LogP contribution in [0.4, 0.5) is 13.2 Å².